The number of carbonyl (C=O) groups excluding carboxylic acids is 1. The highest BCUT2D eigenvalue weighted by molar-refractivity contribution is 7.71. The minimum Gasteiger partial charge on any atom is -0.462 e. The van der Waals surface area contributed by atoms with E-state index in [-0.39, 0.29) is 22.2 Å². The summed E-state index contributed by atoms with van der Waals surface area (Å²) < 4.78 is 37.3. The lowest BCUT2D eigenvalue weighted by molar-refractivity contribution is -0.149. The first-order valence-electron chi connectivity index (χ1n) is 11.4. The number of ether oxygens (including phenoxy) is 2. The average molecular weight is 553 g/mol. The predicted molar refractivity (Wildman–Crippen MR) is 135 cm³/mol. The van der Waals surface area contributed by atoms with Crippen molar-refractivity contribution >= 4 is 25.9 Å². The largest absolute Gasteiger partial charge is 0.462 e. The quantitative estimate of drug-likeness (QED) is 0.174. The fourth-order valence-electron chi connectivity index (χ4n) is 3.52. The molecule has 1 fully saturated rings. The topological polar surface area (TPSA) is 145 Å². The number of para-hydroxylation sites is 1. The molecule has 1 aromatic carbocycles. The van der Waals surface area contributed by atoms with Gasteiger partial charge >= 0.3 is 13.7 Å². The van der Waals surface area contributed by atoms with Gasteiger partial charge in [-0.05, 0) is 52.0 Å². The van der Waals surface area contributed by atoms with Gasteiger partial charge in [0.05, 0.1) is 12.7 Å². The summed E-state index contributed by atoms with van der Waals surface area (Å²) in [6.45, 7) is 13.5. The zero-order chi connectivity index (χ0) is 27.3. The molecule has 1 unspecified atom stereocenters. The number of hydrogen-bond acceptors (Lipinski definition) is 9. The summed E-state index contributed by atoms with van der Waals surface area (Å²) >= 11 is 5.21. The molecule has 3 rings (SSSR count). The molecular weight excluding hydrogens is 523 g/mol. The maximum atomic E-state index is 13.7. The highest BCUT2D eigenvalue weighted by Crippen LogP contribution is 2.46. The van der Waals surface area contributed by atoms with Crippen molar-refractivity contribution in [1.29, 1.82) is 0 Å². The van der Waals surface area contributed by atoms with Gasteiger partial charge in [-0.1, -0.05) is 18.2 Å². The van der Waals surface area contributed by atoms with Gasteiger partial charge in [-0.2, -0.15) is 5.09 Å². The number of rotatable bonds is 10. The summed E-state index contributed by atoms with van der Waals surface area (Å²) in [6.07, 6.45) is -2.44. The molecule has 0 saturated carbocycles. The van der Waals surface area contributed by atoms with Gasteiger partial charge in [0.2, 0.25) is 6.23 Å². The molecule has 1 aliphatic heterocycles. The number of aromatic amines is 1. The van der Waals surface area contributed by atoms with Crippen LogP contribution in [0.25, 0.3) is 4.85 Å². The number of nitrogens with one attached hydrogen (secondary N) is 2. The maximum absolute atomic E-state index is 13.7. The van der Waals surface area contributed by atoms with E-state index >= 15 is 0 Å². The number of aliphatic hydroxyl groups excluding tert-OH is 1. The Balaban J connectivity index is 1.81. The minimum absolute atomic E-state index is 0.0141. The maximum Gasteiger partial charge on any atom is 0.459 e. The van der Waals surface area contributed by atoms with E-state index in [0.29, 0.717) is 5.56 Å². The van der Waals surface area contributed by atoms with E-state index < -0.39 is 50.8 Å². The van der Waals surface area contributed by atoms with Crippen molar-refractivity contribution in [2.24, 2.45) is 0 Å². The number of aryl methyl sites for hydroxylation is 1. The molecule has 12 nitrogen and oxygen atoms in total. The van der Waals surface area contributed by atoms with E-state index in [4.69, 9.17) is 37.3 Å². The summed E-state index contributed by atoms with van der Waals surface area (Å²) in [7, 11) is -4.21. The number of carbonyl (C=O) groups is 1. The molecule has 200 valence electrons. The van der Waals surface area contributed by atoms with Gasteiger partial charge in [-0.15, -0.1) is 0 Å². The standard InChI is InChI=1S/C23H29N4O8PS/c1-13(2)33-22(30)15(4)26-36(31,35-16-9-7-6-8-10-16)32-12-17-19(28)18(24-5)21(34-17)27-11-14(3)20(29)25-23(27)37/h6-11,13,15,17-19,21,28H,12H2,1-4H3,(H,26,31)(H,25,29,37)/t15-,17-,18+,19?,21-,36-/m0/s1. The van der Waals surface area contributed by atoms with Crippen LogP contribution in [-0.4, -0.2) is 57.6 Å². The van der Waals surface area contributed by atoms with Crippen LogP contribution in [-0.2, 0) is 23.4 Å². The molecule has 14 heteroatoms. The number of aliphatic hydroxyl groups is 1. The van der Waals surface area contributed by atoms with E-state index in [2.05, 4.69) is 14.9 Å². The Morgan fingerprint density at radius 3 is 2.65 bits per heavy atom. The molecule has 37 heavy (non-hydrogen) atoms. The van der Waals surface area contributed by atoms with Gasteiger partial charge in [-0.25, -0.2) is 11.1 Å². The molecule has 3 N–H and O–H groups in total. The Morgan fingerprint density at radius 2 is 2.03 bits per heavy atom. The Hall–Kier alpha value is -2.85. The van der Waals surface area contributed by atoms with Crippen molar-refractivity contribution in [2.45, 2.75) is 64.3 Å². The van der Waals surface area contributed by atoms with Crippen LogP contribution in [0.2, 0.25) is 0 Å². The van der Waals surface area contributed by atoms with Gasteiger partial charge in [0.25, 0.3) is 11.6 Å². The SMILES string of the molecule is [C-]#[N+][C@@H]1C(O)[C@H](CO[P@@](=O)(N[C@@H](C)C(=O)OC(C)C)Oc2ccccc2)O[C@@H]1n1cc(C)c(=O)[nH]c1=S. The number of H-pyrrole nitrogens is 1. The third-order valence-electron chi connectivity index (χ3n) is 5.34. The zero-order valence-electron chi connectivity index (χ0n) is 20.7. The van der Waals surface area contributed by atoms with Crippen LogP contribution >= 0.6 is 20.0 Å². The van der Waals surface area contributed by atoms with Crippen LogP contribution in [0.15, 0.2) is 41.3 Å². The molecule has 0 amide bonds. The molecule has 0 spiro atoms. The van der Waals surface area contributed by atoms with Crippen molar-refractivity contribution in [3.8, 4) is 5.75 Å². The second-order valence-electron chi connectivity index (χ2n) is 8.69. The normalized spacial score (nSPS) is 23.7. The van der Waals surface area contributed by atoms with E-state index in [1.54, 1.807) is 51.1 Å². The average Bonchev–Trinajstić information content (AvgIpc) is 3.15. The number of esters is 1. The summed E-state index contributed by atoms with van der Waals surface area (Å²) in [6, 6.07) is 6.04. The lowest BCUT2D eigenvalue weighted by Gasteiger charge is -2.24. The second-order valence-corrected chi connectivity index (χ2v) is 10.8. The van der Waals surface area contributed by atoms with E-state index in [9.17, 15) is 19.3 Å². The minimum atomic E-state index is -4.21. The van der Waals surface area contributed by atoms with Gasteiger partial charge in [0.15, 0.2) is 10.9 Å². The number of benzene rings is 1. The van der Waals surface area contributed by atoms with E-state index in [1.165, 1.54) is 17.7 Å². The van der Waals surface area contributed by atoms with Gasteiger partial charge in [0.1, 0.15) is 17.9 Å². The Labute approximate surface area is 218 Å². The van der Waals surface area contributed by atoms with Crippen LogP contribution < -0.4 is 15.2 Å². The van der Waals surface area contributed by atoms with Crippen molar-refractivity contribution in [3.63, 3.8) is 0 Å². The first-order chi connectivity index (χ1) is 17.4. The molecule has 6 atom stereocenters. The van der Waals surface area contributed by atoms with Crippen molar-refractivity contribution in [2.75, 3.05) is 6.61 Å². The van der Waals surface area contributed by atoms with Crippen LogP contribution in [0.1, 0.15) is 32.6 Å². The monoisotopic (exact) mass is 552 g/mol. The highest BCUT2D eigenvalue weighted by atomic mass is 32.1. The molecule has 2 aromatic rings. The molecule has 2 heterocycles. The Bertz CT molecular complexity index is 1310. The molecule has 0 radical (unpaired) electrons. The molecular formula is C23H29N4O8PS. The van der Waals surface area contributed by atoms with Crippen LogP contribution in [0.3, 0.4) is 0 Å². The molecule has 1 saturated heterocycles. The fourth-order valence-corrected chi connectivity index (χ4v) is 5.27. The highest BCUT2D eigenvalue weighted by Gasteiger charge is 2.51. The lowest BCUT2D eigenvalue weighted by atomic mass is 10.1. The Morgan fingerprint density at radius 1 is 1.35 bits per heavy atom. The number of hydrogen-bond donors (Lipinski definition) is 3. The van der Waals surface area contributed by atoms with Gasteiger partial charge < -0.3 is 23.9 Å². The van der Waals surface area contributed by atoms with Crippen molar-refractivity contribution in [3.05, 3.63) is 68.6 Å². The smallest absolute Gasteiger partial charge is 0.459 e. The zero-order valence-corrected chi connectivity index (χ0v) is 22.4. The Kier molecular flexibility index (Phi) is 9.41. The first kappa shape index (κ1) is 28.7. The predicted octanol–water partition coefficient (Wildman–Crippen LogP) is 2.89. The number of aromatic nitrogens is 2. The molecule has 0 bridgehead atoms. The van der Waals surface area contributed by atoms with E-state index in [1.807, 2.05) is 0 Å². The second kappa shape index (κ2) is 12.1. The summed E-state index contributed by atoms with van der Waals surface area (Å²) in [5, 5.41) is 13.3. The summed E-state index contributed by atoms with van der Waals surface area (Å²) in [5.41, 5.74) is -0.0448. The van der Waals surface area contributed by atoms with Crippen molar-refractivity contribution in [1.82, 2.24) is 14.6 Å². The lowest BCUT2D eigenvalue weighted by Crippen LogP contribution is -2.37. The fraction of sp³-hybridized carbons (Fsp3) is 0.478. The van der Waals surface area contributed by atoms with Gasteiger partial charge in [0, 0.05) is 11.8 Å². The third-order valence-corrected chi connectivity index (χ3v) is 7.30. The molecule has 0 aliphatic carbocycles. The van der Waals surface area contributed by atoms with Crippen molar-refractivity contribution < 1.29 is 33.0 Å². The van der Waals surface area contributed by atoms with E-state index in [0.717, 1.165) is 0 Å². The first-order valence-corrected chi connectivity index (χ1v) is 13.4. The molecule has 1 aliphatic rings. The van der Waals surface area contributed by atoms with Crippen LogP contribution in [0, 0.1) is 18.3 Å². The summed E-state index contributed by atoms with van der Waals surface area (Å²) in [4.78, 5) is 30.1. The number of nitrogens with zero attached hydrogens (tertiary/aromatic N) is 2. The van der Waals surface area contributed by atoms with Crippen LogP contribution in [0.4, 0.5) is 0 Å². The third kappa shape index (κ3) is 7.13. The van der Waals surface area contributed by atoms with Crippen LogP contribution in [0.5, 0.6) is 5.75 Å². The molecule has 1 aromatic heterocycles. The van der Waals surface area contributed by atoms with Gasteiger partial charge in [-0.3, -0.25) is 23.7 Å². The summed E-state index contributed by atoms with van der Waals surface area (Å²) in [5.74, 6) is -0.453.